The van der Waals surface area contributed by atoms with Crippen molar-refractivity contribution < 1.29 is 14.6 Å². The van der Waals surface area contributed by atoms with Gasteiger partial charge in [-0.05, 0) is 27.7 Å². The normalized spacial score (nSPS) is 21.2. The summed E-state index contributed by atoms with van der Waals surface area (Å²) in [6, 6.07) is 0. The molecule has 114 valence electrons. The largest absolute Gasteiger partial charge is 0.391 e. The van der Waals surface area contributed by atoms with E-state index in [0.29, 0.717) is 6.61 Å². The van der Waals surface area contributed by atoms with Crippen molar-refractivity contribution in [3.05, 3.63) is 10.6 Å². The quantitative estimate of drug-likeness (QED) is 0.923. The highest BCUT2D eigenvalue weighted by molar-refractivity contribution is 7.15. The summed E-state index contributed by atoms with van der Waals surface area (Å²) in [7, 11) is 1.64. The molecule has 0 saturated carbocycles. The van der Waals surface area contributed by atoms with Crippen molar-refractivity contribution in [3.63, 3.8) is 0 Å². The molecule has 1 aromatic heterocycles. The smallest absolute Gasteiger partial charge is 0.186 e. The van der Waals surface area contributed by atoms with Crippen molar-refractivity contribution in [2.45, 2.75) is 52.1 Å². The first-order chi connectivity index (χ1) is 9.26. The second kappa shape index (κ2) is 5.60. The number of aliphatic hydroxyl groups excluding tert-OH is 1. The Hall–Kier alpha value is -0.690. The third kappa shape index (κ3) is 3.49. The van der Waals surface area contributed by atoms with Crippen LogP contribution in [0.4, 0.5) is 5.13 Å². The molecule has 0 radical (unpaired) electrons. The van der Waals surface area contributed by atoms with Gasteiger partial charge in [-0.2, -0.15) is 0 Å². The van der Waals surface area contributed by atoms with Gasteiger partial charge in [0.25, 0.3) is 0 Å². The third-order valence-electron chi connectivity index (χ3n) is 3.16. The summed E-state index contributed by atoms with van der Waals surface area (Å²) < 4.78 is 11.2. The van der Waals surface area contributed by atoms with Crippen LogP contribution in [-0.4, -0.2) is 41.5 Å². The highest BCUT2D eigenvalue weighted by Gasteiger charge is 2.39. The first kappa shape index (κ1) is 15.7. The van der Waals surface area contributed by atoms with Crippen molar-refractivity contribution in [3.8, 4) is 0 Å². The van der Waals surface area contributed by atoms with Crippen LogP contribution < -0.4 is 4.90 Å². The molecule has 1 saturated heterocycles. The number of hydrogen-bond acceptors (Lipinski definition) is 6. The summed E-state index contributed by atoms with van der Waals surface area (Å²) in [4.78, 5) is 7.75. The predicted octanol–water partition coefficient (Wildman–Crippen LogP) is 2.18. The van der Waals surface area contributed by atoms with Gasteiger partial charge in [-0.15, -0.1) is 0 Å². The molecule has 0 atom stereocenters. The number of nitrogens with zero attached hydrogens (tertiary/aromatic N) is 2. The maximum absolute atomic E-state index is 9.43. The first-order valence-electron chi connectivity index (χ1n) is 6.80. The number of aliphatic hydroxyl groups is 1. The molecule has 0 bridgehead atoms. The molecule has 1 fully saturated rings. The average molecular weight is 300 g/mol. The highest BCUT2D eigenvalue weighted by Crippen LogP contribution is 2.34. The lowest BCUT2D eigenvalue weighted by atomic mass is 9.99. The fraction of sp³-hybridized carbons (Fsp3) is 0.786. The van der Waals surface area contributed by atoms with Crippen LogP contribution in [0.15, 0.2) is 0 Å². The fourth-order valence-corrected chi connectivity index (χ4v) is 3.72. The second-order valence-corrected chi connectivity index (χ2v) is 7.50. The SMILES string of the molecule is COCc1nc(N2CC(C)(C)OC(C)(C)C2)sc1CO. The molecule has 1 N–H and O–H groups in total. The van der Waals surface area contributed by atoms with E-state index in [9.17, 15) is 5.11 Å². The monoisotopic (exact) mass is 300 g/mol. The topological polar surface area (TPSA) is 54.8 Å². The molecule has 1 aliphatic heterocycles. The second-order valence-electron chi connectivity index (χ2n) is 6.43. The molecule has 0 aliphatic carbocycles. The van der Waals surface area contributed by atoms with Gasteiger partial charge in [-0.3, -0.25) is 0 Å². The molecular formula is C14H24N2O3S. The first-order valence-corrected chi connectivity index (χ1v) is 7.61. The van der Waals surface area contributed by atoms with Crippen molar-refractivity contribution in [2.24, 2.45) is 0 Å². The van der Waals surface area contributed by atoms with Gasteiger partial charge in [-0.25, -0.2) is 4.98 Å². The molecule has 1 aromatic rings. The van der Waals surface area contributed by atoms with Gasteiger partial charge < -0.3 is 19.5 Å². The number of methoxy groups -OCH3 is 1. The van der Waals surface area contributed by atoms with E-state index in [1.807, 2.05) is 0 Å². The summed E-state index contributed by atoms with van der Waals surface area (Å²) in [5, 5.41) is 10.4. The van der Waals surface area contributed by atoms with Gasteiger partial charge in [0, 0.05) is 20.2 Å². The van der Waals surface area contributed by atoms with E-state index >= 15 is 0 Å². The number of anilines is 1. The van der Waals surface area contributed by atoms with Gasteiger partial charge in [0.1, 0.15) is 0 Å². The van der Waals surface area contributed by atoms with Gasteiger partial charge in [0.05, 0.1) is 35.0 Å². The number of aromatic nitrogens is 1. The van der Waals surface area contributed by atoms with Gasteiger partial charge in [-0.1, -0.05) is 11.3 Å². The lowest BCUT2D eigenvalue weighted by Crippen LogP contribution is -2.57. The van der Waals surface area contributed by atoms with Crippen LogP contribution in [0.25, 0.3) is 0 Å². The van der Waals surface area contributed by atoms with Gasteiger partial charge >= 0.3 is 0 Å². The molecule has 0 amide bonds. The number of morpholine rings is 1. The molecule has 6 heteroatoms. The van der Waals surface area contributed by atoms with Crippen LogP contribution in [0.2, 0.25) is 0 Å². The maximum Gasteiger partial charge on any atom is 0.186 e. The minimum Gasteiger partial charge on any atom is -0.391 e. The van der Waals surface area contributed by atoms with Crippen LogP contribution in [0, 0.1) is 0 Å². The molecule has 2 rings (SSSR count). The van der Waals surface area contributed by atoms with Crippen molar-refractivity contribution >= 4 is 16.5 Å². The third-order valence-corrected chi connectivity index (χ3v) is 4.30. The predicted molar refractivity (Wildman–Crippen MR) is 80.2 cm³/mol. The zero-order valence-electron chi connectivity index (χ0n) is 12.9. The Kier molecular flexibility index (Phi) is 4.39. The molecular weight excluding hydrogens is 276 g/mol. The Balaban J connectivity index is 2.26. The summed E-state index contributed by atoms with van der Waals surface area (Å²) in [5.74, 6) is 0. The standard InChI is InChI=1S/C14H24N2O3S/c1-13(2)8-16(9-14(3,4)19-13)12-15-10(7-18-5)11(6-17)20-12/h17H,6-9H2,1-5H3. The van der Waals surface area contributed by atoms with Crippen molar-refractivity contribution in [1.29, 1.82) is 0 Å². The molecule has 0 spiro atoms. The van der Waals surface area contributed by atoms with E-state index in [-0.39, 0.29) is 17.8 Å². The Morgan fingerprint density at radius 1 is 1.30 bits per heavy atom. The van der Waals surface area contributed by atoms with Crippen molar-refractivity contribution in [1.82, 2.24) is 4.98 Å². The van der Waals surface area contributed by atoms with Gasteiger partial charge in [0.2, 0.25) is 0 Å². The van der Waals surface area contributed by atoms with E-state index in [0.717, 1.165) is 28.8 Å². The fourth-order valence-electron chi connectivity index (χ4n) is 2.80. The van der Waals surface area contributed by atoms with Crippen LogP contribution in [0.1, 0.15) is 38.3 Å². The lowest BCUT2D eigenvalue weighted by molar-refractivity contribution is -0.133. The maximum atomic E-state index is 9.43. The summed E-state index contributed by atoms with van der Waals surface area (Å²) in [6.07, 6.45) is 0. The Bertz CT molecular complexity index is 455. The number of rotatable bonds is 4. The zero-order chi connectivity index (χ0) is 15.0. The minimum atomic E-state index is -0.214. The summed E-state index contributed by atoms with van der Waals surface area (Å²) in [6.45, 7) is 10.4. The average Bonchev–Trinajstić information content (AvgIpc) is 2.68. The van der Waals surface area contributed by atoms with E-state index in [1.54, 1.807) is 7.11 Å². The van der Waals surface area contributed by atoms with Crippen molar-refractivity contribution in [2.75, 3.05) is 25.1 Å². The Morgan fingerprint density at radius 2 is 1.90 bits per heavy atom. The van der Waals surface area contributed by atoms with E-state index in [4.69, 9.17) is 9.47 Å². The number of thiazole rings is 1. The van der Waals surface area contributed by atoms with Crippen LogP contribution in [0.5, 0.6) is 0 Å². The lowest BCUT2D eigenvalue weighted by Gasteiger charge is -2.47. The van der Waals surface area contributed by atoms with Gasteiger partial charge in [0.15, 0.2) is 5.13 Å². The number of hydrogen-bond donors (Lipinski definition) is 1. The highest BCUT2D eigenvalue weighted by atomic mass is 32.1. The van der Waals surface area contributed by atoms with E-state index in [2.05, 4.69) is 37.6 Å². The number of ether oxygens (including phenoxy) is 2. The minimum absolute atomic E-state index is 0.00743. The van der Waals surface area contributed by atoms with Crippen LogP contribution >= 0.6 is 11.3 Å². The molecule has 20 heavy (non-hydrogen) atoms. The van der Waals surface area contributed by atoms with E-state index < -0.39 is 0 Å². The molecule has 2 heterocycles. The summed E-state index contributed by atoms with van der Waals surface area (Å²) in [5.41, 5.74) is 0.403. The molecule has 5 nitrogen and oxygen atoms in total. The van der Waals surface area contributed by atoms with Crippen LogP contribution in [-0.2, 0) is 22.7 Å². The zero-order valence-corrected chi connectivity index (χ0v) is 13.7. The van der Waals surface area contributed by atoms with E-state index in [1.165, 1.54) is 11.3 Å². The molecule has 0 aromatic carbocycles. The summed E-state index contributed by atoms with van der Waals surface area (Å²) >= 11 is 1.54. The van der Waals surface area contributed by atoms with Crippen LogP contribution in [0.3, 0.4) is 0 Å². The molecule has 0 unspecified atom stereocenters. The Morgan fingerprint density at radius 3 is 2.40 bits per heavy atom. The Labute approximate surface area is 124 Å². The molecule has 1 aliphatic rings.